The first kappa shape index (κ1) is 18.2. The van der Waals surface area contributed by atoms with E-state index in [2.05, 4.69) is 15.6 Å². The van der Waals surface area contributed by atoms with E-state index in [1.165, 1.54) is 18.2 Å². The molecule has 1 aromatic rings. The van der Waals surface area contributed by atoms with E-state index >= 15 is 0 Å². The van der Waals surface area contributed by atoms with Crippen LogP contribution in [0.5, 0.6) is 0 Å². The molecular formula is C17H24F2N4O. The molecule has 1 unspecified atom stereocenters. The van der Waals surface area contributed by atoms with E-state index < -0.39 is 11.6 Å². The predicted octanol–water partition coefficient (Wildman–Crippen LogP) is 1.68. The SMILES string of the molecule is CCC(=O)N1CCC(NC(=NC)NCCc2c(F)cccc2F)C1. The van der Waals surface area contributed by atoms with Gasteiger partial charge in [0.2, 0.25) is 5.91 Å². The van der Waals surface area contributed by atoms with Crippen molar-refractivity contribution in [2.45, 2.75) is 32.2 Å². The molecule has 1 aliphatic rings. The summed E-state index contributed by atoms with van der Waals surface area (Å²) < 4.78 is 27.2. The Labute approximate surface area is 141 Å². The molecule has 0 bridgehead atoms. The van der Waals surface area contributed by atoms with Crippen molar-refractivity contribution < 1.29 is 13.6 Å². The van der Waals surface area contributed by atoms with Gasteiger partial charge in [0.15, 0.2) is 5.96 Å². The second-order valence-electron chi connectivity index (χ2n) is 5.77. The van der Waals surface area contributed by atoms with Crippen LogP contribution in [0.2, 0.25) is 0 Å². The lowest BCUT2D eigenvalue weighted by molar-refractivity contribution is -0.129. The Morgan fingerprint density at radius 3 is 2.71 bits per heavy atom. The Kier molecular flexibility index (Phi) is 6.52. The van der Waals surface area contributed by atoms with Crippen LogP contribution in [-0.2, 0) is 11.2 Å². The number of likely N-dealkylation sites (tertiary alicyclic amines) is 1. The molecule has 2 rings (SSSR count). The van der Waals surface area contributed by atoms with Crippen LogP contribution in [0.3, 0.4) is 0 Å². The highest BCUT2D eigenvalue weighted by atomic mass is 19.1. The molecule has 7 heteroatoms. The lowest BCUT2D eigenvalue weighted by Gasteiger charge is -2.18. The van der Waals surface area contributed by atoms with Crippen LogP contribution in [0.1, 0.15) is 25.3 Å². The van der Waals surface area contributed by atoms with Crippen LogP contribution in [-0.4, -0.2) is 49.5 Å². The van der Waals surface area contributed by atoms with Crippen LogP contribution < -0.4 is 10.6 Å². The number of amides is 1. The Morgan fingerprint density at radius 2 is 2.08 bits per heavy atom. The summed E-state index contributed by atoms with van der Waals surface area (Å²) in [5.74, 6) is -0.353. The Balaban J connectivity index is 1.80. The molecule has 0 saturated carbocycles. The van der Waals surface area contributed by atoms with Gasteiger partial charge in [0.25, 0.3) is 0 Å². The van der Waals surface area contributed by atoms with Crippen LogP contribution in [0.4, 0.5) is 8.78 Å². The first-order valence-electron chi connectivity index (χ1n) is 8.23. The van der Waals surface area contributed by atoms with Crippen molar-refractivity contribution in [3.63, 3.8) is 0 Å². The number of carbonyl (C=O) groups excluding carboxylic acids is 1. The highest BCUT2D eigenvalue weighted by Gasteiger charge is 2.25. The Morgan fingerprint density at radius 1 is 1.38 bits per heavy atom. The number of aliphatic imine (C=N–C) groups is 1. The fourth-order valence-corrected chi connectivity index (χ4v) is 2.79. The zero-order valence-corrected chi connectivity index (χ0v) is 14.1. The first-order valence-corrected chi connectivity index (χ1v) is 8.23. The van der Waals surface area contributed by atoms with Crippen molar-refractivity contribution in [3.05, 3.63) is 35.4 Å². The highest BCUT2D eigenvalue weighted by Crippen LogP contribution is 2.12. The quantitative estimate of drug-likeness (QED) is 0.634. The standard InChI is InChI=1S/C17H24F2N4O/c1-3-16(24)23-10-8-12(11-23)22-17(20-2)21-9-7-13-14(18)5-4-6-15(13)19/h4-6,12H,3,7-11H2,1-2H3,(H2,20,21,22). The molecule has 0 spiro atoms. The van der Waals surface area contributed by atoms with Gasteiger partial charge < -0.3 is 15.5 Å². The van der Waals surface area contributed by atoms with Gasteiger partial charge in [-0.25, -0.2) is 8.78 Å². The molecule has 24 heavy (non-hydrogen) atoms. The summed E-state index contributed by atoms with van der Waals surface area (Å²) in [7, 11) is 1.64. The number of rotatable bonds is 5. The third kappa shape index (κ3) is 4.66. The minimum atomic E-state index is -0.538. The van der Waals surface area contributed by atoms with E-state index in [0.717, 1.165) is 13.0 Å². The monoisotopic (exact) mass is 338 g/mol. The van der Waals surface area contributed by atoms with Crippen LogP contribution in [0.25, 0.3) is 0 Å². The molecule has 5 nitrogen and oxygen atoms in total. The van der Waals surface area contributed by atoms with Gasteiger partial charge in [-0.15, -0.1) is 0 Å². The number of benzene rings is 1. The molecule has 1 aromatic carbocycles. The molecular weight excluding hydrogens is 314 g/mol. The van der Waals surface area contributed by atoms with Crippen LogP contribution in [0.15, 0.2) is 23.2 Å². The second-order valence-corrected chi connectivity index (χ2v) is 5.77. The zero-order valence-electron chi connectivity index (χ0n) is 14.1. The topological polar surface area (TPSA) is 56.7 Å². The summed E-state index contributed by atoms with van der Waals surface area (Å²) in [6, 6.07) is 4.00. The Bertz CT molecular complexity index is 586. The molecule has 1 amide bonds. The van der Waals surface area contributed by atoms with Crippen molar-refractivity contribution in [1.29, 1.82) is 0 Å². The zero-order chi connectivity index (χ0) is 17.5. The maximum absolute atomic E-state index is 13.6. The van der Waals surface area contributed by atoms with Gasteiger partial charge in [0, 0.05) is 44.7 Å². The van der Waals surface area contributed by atoms with E-state index in [0.29, 0.717) is 25.5 Å². The number of nitrogens with one attached hydrogen (secondary N) is 2. The van der Waals surface area contributed by atoms with Gasteiger partial charge in [-0.05, 0) is 25.0 Å². The number of hydrogen-bond donors (Lipinski definition) is 2. The lowest BCUT2D eigenvalue weighted by atomic mass is 10.1. The molecule has 132 valence electrons. The van der Waals surface area contributed by atoms with Gasteiger partial charge in [0.05, 0.1) is 0 Å². The van der Waals surface area contributed by atoms with Crippen molar-refractivity contribution in [1.82, 2.24) is 15.5 Å². The highest BCUT2D eigenvalue weighted by molar-refractivity contribution is 5.80. The fraction of sp³-hybridized carbons (Fsp3) is 0.529. The van der Waals surface area contributed by atoms with Gasteiger partial charge in [-0.1, -0.05) is 13.0 Å². The molecule has 1 heterocycles. The average molecular weight is 338 g/mol. The molecule has 0 radical (unpaired) electrons. The molecule has 2 N–H and O–H groups in total. The van der Waals surface area contributed by atoms with E-state index in [9.17, 15) is 13.6 Å². The van der Waals surface area contributed by atoms with Crippen LogP contribution in [0, 0.1) is 11.6 Å². The third-order valence-corrected chi connectivity index (χ3v) is 4.14. The number of halogens is 2. The van der Waals surface area contributed by atoms with Gasteiger partial charge in [-0.3, -0.25) is 9.79 Å². The molecule has 0 aliphatic carbocycles. The third-order valence-electron chi connectivity index (χ3n) is 4.14. The van der Waals surface area contributed by atoms with Gasteiger partial charge in [-0.2, -0.15) is 0 Å². The Hall–Kier alpha value is -2.18. The minimum absolute atomic E-state index is 0.0704. The maximum atomic E-state index is 13.6. The molecule has 1 saturated heterocycles. The van der Waals surface area contributed by atoms with Crippen LogP contribution >= 0.6 is 0 Å². The smallest absolute Gasteiger partial charge is 0.222 e. The molecule has 1 fully saturated rings. The number of hydrogen-bond acceptors (Lipinski definition) is 2. The van der Waals surface area contributed by atoms with Gasteiger partial charge in [0.1, 0.15) is 11.6 Å². The first-order chi connectivity index (χ1) is 11.5. The summed E-state index contributed by atoms with van der Waals surface area (Å²) in [5, 5.41) is 6.31. The fourth-order valence-electron chi connectivity index (χ4n) is 2.79. The summed E-state index contributed by atoms with van der Waals surface area (Å²) >= 11 is 0. The van der Waals surface area contributed by atoms with E-state index in [1.807, 2.05) is 11.8 Å². The summed E-state index contributed by atoms with van der Waals surface area (Å²) in [4.78, 5) is 17.6. The van der Waals surface area contributed by atoms with E-state index in [4.69, 9.17) is 0 Å². The number of nitrogens with zero attached hydrogens (tertiary/aromatic N) is 2. The lowest BCUT2D eigenvalue weighted by Crippen LogP contribution is -2.45. The molecule has 1 atom stereocenters. The summed E-state index contributed by atoms with van der Waals surface area (Å²) in [5.41, 5.74) is 0.0704. The van der Waals surface area contributed by atoms with Gasteiger partial charge >= 0.3 is 0 Å². The molecule has 1 aliphatic heterocycles. The van der Waals surface area contributed by atoms with Crippen molar-refractivity contribution in [3.8, 4) is 0 Å². The van der Waals surface area contributed by atoms with Crippen molar-refractivity contribution in [2.75, 3.05) is 26.7 Å². The predicted molar refractivity (Wildman–Crippen MR) is 89.8 cm³/mol. The second kappa shape index (κ2) is 8.61. The normalized spacial score (nSPS) is 17.9. The number of guanidine groups is 1. The largest absolute Gasteiger partial charge is 0.356 e. The summed E-state index contributed by atoms with van der Waals surface area (Å²) in [6.07, 6.45) is 1.59. The van der Waals surface area contributed by atoms with Crippen molar-refractivity contribution >= 4 is 11.9 Å². The summed E-state index contributed by atoms with van der Waals surface area (Å²) in [6.45, 7) is 3.60. The van der Waals surface area contributed by atoms with Crippen molar-refractivity contribution in [2.24, 2.45) is 4.99 Å². The maximum Gasteiger partial charge on any atom is 0.222 e. The van der Waals surface area contributed by atoms with E-state index in [-0.39, 0.29) is 23.9 Å². The average Bonchev–Trinajstić information content (AvgIpc) is 3.04. The van der Waals surface area contributed by atoms with E-state index in [1.54, 1.807) is 7.05 Å². The number of carbonyl (C=O) groups is 1. The minimum Gasteiger partial charge on any atom is -0.356 e. The molecule has 0 aromatic heterocycles.